The van der Waals surface area contributed by atoms with Crippen molar-refractivity contribution >= 4 is 40.2 Å². The van der Waals surface area contributed by atoms with Gasteiger partial charge in [-0.1, -0.05) is 23.2 Å². The summed E-state index contributed by atoms with van der Waals surface area (Å²) in [6.45, 7) is 0. The predicted octanol–water partition coefficient (Wildman–Crippen LogP) is 4.63. The lowest BCUT2D eigenvalue weighted by Gasteiger charge is -2.04. The summed E-state index contributed by atoms with van der Waals surface area (Å²) in [4.78, 5) is 10.4. The molecule has 16 heavy (non-hydrogen) atoms. The Balaban J connectivity index is 2.72. The quantitative estimate of drug-likeness (QED) is 0.591. The fourth-order valence-electron chi connectivity index (χ4n) is 1.40. The van der Waals surface area contributed by atoms with Gasteiger partial charge in [0.15, 0.2) is 0 Å². The van der Waals surface area contributed by atoms with Crippen molar-refractivity contribution in [3.8, 4) is 11.1 Å². The molecule has 1 heterocycles. The van der Waals surface area contributed by atoms with Gasteiger partial charge in [-0.05, 0) is 22.9 Å². The highest BCUT2D eigenvalue weighted by atomic mass is 35.5. The molecule has 0 radical (unpaired) electrons. The summed E-state index contributed by atoms with van der Waals surface area (Å²) in [5.74, 6) is 0. The Morgan fingerprint density at radius 2 is 2.06 bits per heavy atom. The highest BCUT2D eigenvalue weighted by molar-refractivity contribution is 7.08. The Labute approximate surface area is 105 Å². The van der Waals surface area contributed by atoms with Gasteiger partial charge in [-0.25, -0.2) is 0 Å². The summed E-state index contributed by atoms with van der Waals surface area (Å²) in [5, 5.41) is 15.1. The molecular formula is C10H5Cl2NO2S. The zero-order valence-electron chi connectivity index (χ0n) is 7.81. The first-order chi connectivity index (χ1) is 7.59. The van der Waals surface area contributed by atoms with E-state index in [0.717, 1.165) is 5.56 Å². The van der Waals surface area contributed by atoms with Crippen LogP contribution in [0.5, 0.6) is 0 Å². The van der Waals surface area contributed by atoms with Crippen LogP contribution in [0.4, 0.5) is 5.69 Å². The molecule has 0 atom stereocenters. The second-order valence-corrected chi connectivity index (χ2v) is 4.67. The van der Waals surface area contributed by atoms with Crippen LogP contribution in [0.1, 0.15) is 0 Å². The molecule has 2 rings (SSSR count). The molecule has 0 spiro atoms. The molecule has 1 aromatic carbocycles. The van der Waals surface area contributed by atoms with Crippen LogP contribution in [-0.2, 0) is 0 Å². The number of nitrogens with zero attached hydrogens (tertiary/aromatic N) is 1. The third-order valence-corrected chi connectivity index (χ3v) is 3.24. The van der Waals surface area contributed by atoms with E-state index in [1.54, 1.807) is 6.07 Å². The molecule has 6 heteroatoms. The third-order valence-electron chi connectivity index (χ3n) is 2.04. The Kier molecular flexibility index (Phi) is 3.14. The molecule has 0 aliphatic rings. The summed E-state index contributed by atoms with van der Waals surface area (Å²) >= 11 is 13.2. The topological polar surface area (TPSA) is 43.1 Å². The molecule has 0 aliphatic carbocycles. The van der Waals surface area contributed by atoms with Gasteiger partial charge in [-0.3, -0.25) is 10.1 Å². The van der Waals surface area contributed by atoms with E-state index in [1.165, 1.54) is 23.5 Å². The molecule has 0 amide bonds. The fourth-order valence-corrected chi connectivity index (χ4v) is 2.64. The Hall–Kier alpha value is -1.10. The van der Waals surface area contributed by atoms with Gasteiger partial charge in [0.05, 0.1) is 15.5 Å². The smallest absolute Gasteiger partial charge is 0.258 e. The van der Waals surface area contributed by atoms with E-state index in [1.807, 2.05) is 10.8 Å². The third kappa shape index (κ3) is 2.04. The van der Waals surface area contributed by atoms with E-state index in [0.29, 0.717) is 5.56 Å². The number of nitro groups is 1. The first-order valence-electron chi connectivity index (χ1n) is 4.25. The minimum atomic E-state index is -0.481. The van der Waals surface area contributed by atoms with Crippen molar-refractivity contribution in [2.24, 2.45) is 0 Å². The van der Waals surface area contributed by atoms with E-state index >= 15 is 0 Å². The van der Waals surface area contributed by atoms with Crippen LogP contribution in [0.25, 0.3) is 11.1 Å². The van der Waals surface area contributed by atoms with Crippen molar-refractivity contribution in [3.63, 3.8) is 0 Å². The number of nitro benzene ring substituents is 1. The lowest BCUT2D eigenvalue weighted by atomic mass is 10.1. The molecule has 0 bridgehead atoms. The molecule has 0 aliphatic heterocycles. The average Bonchev–Trinajstić information content (AvgIpc) is 2.69. The maximum atomic E-state index is 10.9. The number of halogens is 2. The van der Waals surface area contributed by atoms with E-state index in [2.05, 4.69) is 0 Å². The SMILES string of the molecule is O=[N+]([O-])c1cc(Cl)cc(Cl)c1-c1ccsc1. The molecule has 0 fully saturated rings. The Morgan fingerprint density at radius 3 is 2.62 bits per heavy atom. The van der Waals surface area contributed by atoms with Gasteiger partial charge in [-0.15, -0.1) is 0 Å². The lowest BCUT2D eigenvalue weighted by Crippen LogP contribution is -1.92. The first-order valence-corrected chi connectivity index (χ1v) is 5.95. The minimum Gasteiger partial charge on any atom is -0.258 e. The number of hydrogen-bond acceptors (Lipinski definition) is 3. The van der Waals surface area contributed by atoms with E-state index in [-0.39, 0.29) is 15.7 Å². The predicted molar refractivity (Wildman–Crippen MR) is 66.4 cm³/mol. The summed E-state index contributed by atoms with van der Waals surface area (Å²) in [7, 11) is 0. The molecular weight excluding hydrogens is 269 g/mol. The maximum absolute atomic E-state index is 10.9. The minimum absolute atomic E-state index is 0.0732. The molecule has 3 nitrogen and oxygen atoms in total. The van der Waals surface area contributed by atoms with Gasteiger partial charge in [0.2, 0.25) is 0 Å². The molecule has 82 valence electrons. The largest absolute Gasteiger partial charge is 0.280 e. The average molecular weight is 274 g/mol. The van der Waals surface area contributed by atoms with Crippen LogP contribution >= 0.6 is 34.5 Å². The van der Waals surface area contributed by atoms with Gasteiger partial charge >= 0.3 is 0 Å². The normalized spacial score (nSPS) is 10.4. The van der Waals surface area contributed by atoms with E-state index in [9.17, 15) is 10.1 Å². The number of rotatable bonds is 2. The zero-order chi connectivity index (χ0) is 11.7. The summed E-state index contributed by atoms with van der Waals surface area (Å²) in [6.07, 6.45) is 0. The Bertz CT molecular complexity index is 540. The van der Waals surface area contributed by atoms with Crippen molar-refractivity contribution in [2.45, 2.75) is 0 Å². The van der Waals surface area contributed by atoms with Gasteiger partial charge < -0.3 is 0 Å². The molecule has 0 saturated carbocycles. The highest BCUT2D eigenvalue weighted by Gasteiger charge is 2.20. The van der Waals surface area contributed by atoms with Crippen molar-refractivity contribution < 1.29 is 4.92 Å². The number of thiophene rings is 1. The second-order valence-electron chi connectivity index (χ2n) is 3.05. The van der Waals surface area contributed by atoms with Gasteiger partial charge in [0, 0.05) is 16.7 Å². The number of benzene rings is 1. The molecule has 0 unspecified atom stereocenters. The van der Waals surface area contributed by atoms with Gasteiger partial charge in [-0.2, -0.15) is 11.3 Å². The van der Waals surface area contributed by atoms with Gasteiger partial charge in [0.1, 0.15) is 0 Å². The van der Waals surface area contributed by atoms with Crippen molar-refractivity contribution in [1.29, 1.82) is 0 Å². The van der Waals surface area contributed by atoms with Crippen LogP contribution in [0.2, 0.25) is 10.0 Å². The van der Waals surface area contributed by atoms with Crippen LogP contribution < -0.4 is 0 Å². The fraction of sp³-hybridized carbons (Fsp3) is 0. The van der Waals surface area contributed by atoms with E-state index in [4.69, 9.17) is 23.2 Å². The standard InChI is InChI=1S/C10H5Cl2NO2S/c11-7-3-8(12)10(6-1-2-16-5-6)9(4-7)13(14)15/h1-5H. The van der Waals surface area contributed by atoms with Crippen molar-refractivity contribution in [3.05, 3.63) is 49.1 Å². The monoisotopic (exact) mass is 273 g/mol. The summed E-state index contributed by atoms with van der Waals surface area (Å²) in [5.41, 5.74) is 1.08. The molecule has 2 aromatic rings. The molecule has 0 saturated heterocycles. The van der Waals surface area contributed by atoms with Gasteiger partial charge in [0.25, 0.3) is 5.69 Å². The zero-order valence-corrected chi connectivity index (χ0v) is 10.1. The summed E-state index contributed by atoms with van der Waals surface area (Å²) < 4.78 is 0. The van der Waals surface area contributed by atoms with Crippen molar-refractivity contribution in [1.82, 2.24) is 0 Å². The highest BCUT2D eigenvalue weighted by Crippen LogP contribution is 2.39. The maximum Gasteiger partial charge on any atom is 0.280 e. The van der Waals surface area contributed by atoms with Crippen LogP contribution in [0, 0.1) is 10.1 Å². The lowest BCUT2D eigenvalue weighted by molar-refractivity contribution is -0.384. The van der Waals surface area contributed by atoms with E-state index < -0.39 is 4.92 Å². The molecule has 1 aromatic heterocycles. The summed E-state index contributed by atoms with van der Waals surface area (Å²) in [6, 6.07) is 4.59. The Morgan fingerprint density at radius 1 is 1.31 bits per heavy atom. The second kappa shape index (κ2) is 4.41. The molecule has 0 N–H and O–H groups in total. The first kappa shape index (κ1) is 11.4. The van der Waals surface area contributed by atoms with Crippen LogP contribution in [-0.4, -0.2) is 4.92 Å². The van der Waals surface area contributed by atoms with Crippen molar-refractivity contribution in [2.75, 3.05) is 0 Å². The number of hydrogen-bond donors (Lipinski definition) is 0. The van der Waals surface area contributed by atoms with Crippen LogP contribution in [0.15, 0.2) is 29.0 Å². The van der Waals surface area contributed by atoms with Crippen LogP contribution in [0.3, 0.4) is 0 Å².